The van der Waals surface area contributed by atoms with Crippen molar-refractivity contribution < 1.29 is 14.3 Å². The number of hydrogen-bond donors (Lipinski definition) is 1. The Labute approximate surface area is 147 Å². The van der Waals surface area contributed by atoms with Crippen LogP contribution in [0.4, 0.5) is 11.5 Å². The van der Waals surface area contributed by atoms with Crippen LogP contribution in [-0.4, -0.2) is 48.2 Å². The van der Waals surface area contributed by atoms with Crippen molar-refractivity contribution in [1.82, 2.24) is 9.88 Å². The molecule has 1 N–H and O–H groups in total. The summed E-state index contributed by atoms with van der Waals surface area (Å²) in [7, 11) is 1.61. The molecule has 0 saturated carbocycles. The van der Waals surface area contributed by atoms with E-state index in [0.717, 1.165) is 5.69 Å². The van der Waals surface area contributed by atoms with Crippen molar-refractivity contribution in [2.24, 2.45) is 0 Å². The number of pyridine rings is 1. The van der Waals surface area contributed by atoms with Crippen LogP contribution in [-0.2, 0) is 4.74 Å². The molecule has 1 aliphatic rings. The molecule has 2 heterocycles. The van der Waals surface area contributed by atoms with Gasteiger partial charge in [0.2, 0.25) is 0 Å². The number of carbonyl (C=O) groups is 1. The van der Waals surface area contributed by atoms with E-state index >= 15 is 0 Å². The van der Waals surface area contributed by atoms with Gasteiger partial charge in [-0.15, -0.1) is 0 Å². The number of methoxy groups -OCH3 is 1. The molecule has 2 aromatic rings. The summed E-state index contributed by atoms with van der Waals surface area (Å²) in [6.45, 7) is 5.11. The summed E-state index contributed by atoms with van der Waals surface area (Å²) in [5, 5.41) is 3.22. The number of nitrogens with one attached hydrogen (secondary N) is 1. The Balaban J connectivity index is 1.87. The minimum Gasteiger partial charge on any atom is -0.495 e. The highest BCUT2D eigenvalue weighted by Gasteiger charge is 2.28. The van der Waals surface area contributed by atoms with E-state index in [1.807, 2.05) is 43.0 Å². The van der Waals surface area contributed by atoms with Gasteiger partial charge in [0.05, 0.1) is 30.6 Å². The quantitative estimate of drug-likeness (QED) is 0.926. The topological polar surface area (TPSA) is 63.7 Å². The van der Waals surface area contributed by atoms with Crippen LogP contribution in [0, 0.1) is 0 Å². The number of rotatable bonds is 4. The number of amides is 1. The van der Waals surface area contributed by atoms with E-state index in [1.54, 1.807) is 25.4 Å². The monoisotopic (exact) mass is 341 g/mol. The molecule has 0 unspecified atom stereocenters. The van der Waals surface area contributed by atoms with Crippen molar-refractivity contribution >= 4 is 17.4 Å². The van der Waals surface area contributed by atoms with Crippen LogP contribution >= 0.6 is 0 Å². The molecule has 6 nitrogen and oxygen atoms in total. The molecule has 6 heteroatoms. The molecule has 132 valence electrons. The highest BCUT2D eigenvalue weighted by atomic mass is 16.5. The fraction of sp³-hybridized carbons (Fsp3) is 0.368. The number of morpholine rings is 1. The highest BCUT2D eigenvalue weighted by Crippen LogP contribution is 2.28. The first-order valence-electron chi connectivity index (χ1n) is 8.38. The Morgan fingerprint density at radius 1 is 1.20 bits per heavy atom. The van der Waals surface area contributed by atoms with Gasteiger partial charge < -0.3 is 19.7 Å². The summed E-state index contributed by atoms with van der Waals surface area (Å²) in [5.41, 5.74) is 1.30. The summed E-state index contributed by atoms with van der Waals surface area (Å²) < 4.78 is 11.1. The van der Waals surface area contributed by atoms with E-state index in [9.17, 15) is 4.79 Å². The number of nitrogens with zero attached hydrogens (tertiary/aromatic N) is 2. The fourth-order valence-electron chi connectivity index (χ4n) is 3.07. The molecule has 2 atom stereocenters. The normalized spacial score (nSPS) is 20.2. The number of benzene rings is 1. The first kappa shape index (κ1) is 17.2. The van der Waals surface area contributed by atoms with Crippen LogP contribution in [0.5, 0.6) is 5.75 Å². The van der Waals surface area contributed by atoms with Crippen molar-refractivity contribution in [3.05, 3.63) is 48.2 Å². The summed E-state index contributed by atoms with van der Waals surface area (Å²) in [6, 6.07) is 11.1. The third kappa shape index (κ3) is 3.91. The number of ether oxygens (including phenoxy) is 2. The van der Waals surface area contributed by atoms with Crippen LogP contribution in [0.2, 0.25) is 0 Å². The van der Waals surface area contributed by atoms with Crippen LogP contribution in [0.3, 0.4) is 0 Å². The molecule has 1 aromatic carbocycles. The lowest BCUT2D eigenvalue weighted by Crippen LogP contribution is -2.48. The van der Waals surface area contributed by atoms with Gasteiger partial charge in [-0.25, -0.2) is 4.98 Å². The Hall–Kier alpha value is -2.60. The number of para-hydroxylation sites is 2. The molecule has 0 spiro atoms. The lowest BCUT2D eigenvalue weighted by Gasteiger charge is -2.35. The van der Waals surface area contributed by atoms with Gasteiger partial charge in [-0.05, 0) is 38.1 Å². The van der Waals surface area contributed by atoms with Gasteiger partial charge >= 0.3 is 0 Å². The maximum Gasteiger partial charge on any atom is 0.257 e. The second kappa shape index (κ2) is 7.53. The smallest absolute Gasteiger partial charge is 0.257 e. The largest absolute Gasteiger partial charge is 0.495 e. The SMILES string of the molecule is COc1ccccc1Nc1ncccc1C(=O)N1C[C@@H](C)O[C@H](C)C1. The minimum absolute atomic E-state index is 0.0231. The minimum atomic E-state index is -0.0486. The van der Waals surface area contributed by atoms with E-state index in [1.165, 1.54) is 0 Å². The first-order chi connectivity index (χ1) is 12.1. The zero-order chi connectivity index (χ0) is 17.8. The van der Waals surface area contributed by atoms with Gasteiger partial charge in [0.1, 0.15) is 11.6 Å². The molecular weight excluding hydrogens is 318 g/mol. The maximum absolute atomic E-state index is 13.0. The van der Waals surface area contributed by atoms with Gasteiger partial charge in [0.25, 0.3) is 5.91 Å². The molecule has 1 saturated heterocycles. The Bertz CT molecular complexity index is 740. The number of hydrogen-bond acceptors (Lipinski definition) is 5. The third-order valence-electron chi connectivity index (χ3n) is 4.10. The Morgan fingerprint density at radius 2 is 1.92 bits per heavy atom. The second-order valence-electron chi connectivity index (χ2n) is 6.19. The van der Waals surface area contributed by atoms with Gasteiger partial charge in [0, 0.05) is 19.3 Å². The summed E-state index contributed by atoms with van der Waals surface area (Å²) in [4.78, 5) is 19.2. The van der Waals surface area contributed by atoms with E-state index in [2.05, 4.69) is 10.3 Å². The zero-order valence-corrected chi connectivity index (χ0v) is 14.7. The fourth-order valence-corrected chi connectivity index (χ4v) is 3.07. The standard InChI is InChI=1S/C19H23N3O3/c1-13-11-22(12-14(2)25-13)19(23)15-7-6-10-20-18(15)21-16-8-4-5-9-17(16)24-3/h4-10,13-14H,11-12H2,1-3H3,(H,20,21)/t13-,14-/m1/s1. The lowest BCUT2D eigenvalue weighted by molar-refractivity contribution is -0.0586. The molecule has 1 aliphatic heterocycles. The molecule has 3 rings (SSSR count). The predicted octanol–water partition coefficient (Wildman–Crippen LogP) is 3.08. The van der Waals surface area contributed by atoms with E-state index in [-0.39, 0.29) is 18.1 Å². The molecule has 1 amide bonds. The van der Waals surface area contributed by atoms with Gasteiger partial charge in [0.15, 0.2) is 0 Å². The van der Waals surface area contributed by atoms with Crippen molar-refractivity contribution in [2.45, 2.75) is 26.1 Å². The highest BCUT2D eigenvalue weighted by molar-refractivity contribution is 5.99. The van der Waals surface area contributed by atoms with Crippen LogP contribution in [0.1, 0.15) is 24.2 Å². The van der Waals surface area contributed by atoms with Crippen molar-refractivity contribution in [3.63, 3.8) is 0 Å². The Kier molecular flexibility index (Phi) is 5.19. The van der Waals surface area contributed by atoms with Gasteiger partial charge in [-0.3, -0.25) is 4.79 Å². The average molecular weight is 341 g/mol. The molecular formula is C19H23N3O3. The van der Waals surface area contributed by atoms with Crippen LogP contribution < -0.4 is 10.1 Å². The molecule has 1 fully saturated rings. The van der Waals surface area contributed by atoms with Gasteiger partial charge in [-0.1, -0.05) is 12.1 Å². The first-order valence-corrected chi connectivity index (χ1v) is 8.38. The molecule has 25 heavy (non-hydrogen) atoms. The third-order valence-corrected chi connectivity index (χ3v) is 4.10. The zero-order valence-electron chi connectivity index (χ0n) is 14.7. The molecule has 0 aliphatic carbocycles. The van der Waals surface area contributed by atoms with Gasteiger partial charge in [-0.2, -0.15) is 0 Å². The van der Waals surface area contributed by atoms with Crippen LogP contribution in [0.15, 0.2) is 42.6 Å². The van der Waals surface area contributed by atoms with Crippen molar-refractivity contribution in [1.29, 1.82) is 0 Å². The van der Waals surface area contributed by atoms with E-state index in [0.29, 0.717) is 30.2 Å². The molecule has 0 radical (unpaired) electrons. The number of aromatic nitrogens is 1. The molecule has 1 aromatic heterocycles. The maximum atomic E-state index is 13.0. The van der Waals surface area contributed by atoms with Crippen LogP contribution in [0.25, 0.3) is 0 Å². The number of anilines is 2. The lowest BCUT2D eigenvalue weighted by atomic mass is 10.1. The van der Waals surface area contributed by atoms with Crippen molar-refractivity contribution in [2.75, 3.05) is 25.5 Å². The van der Waals surface area contributed by atoms with E-state index in [4.69, 9.17) is 9.47 Å². The summed E-state index contributed by atoms with van der Waals surface area (Å²) in [5.74, 6) is 1.16. The predicted molar refractivity (Wildman–Crippen MR) is 96.4 cm³/mol. The summed E-state index contributed by atoms with van der Waals surface area (Å²) in [6.07, 6.45) is 1.71. The second-order valence-corrected chi connectivity index (χ2v) is 6.19. The average Bonchev–Trinajstić information content (AvgIpc) is 2.61. The number of carbonyl (C=O) groups excluding carboxylic acids is 1. The Morgan fingerprint density at radius 3 is 2.64 bits per heavy atom. The van der Waals surface area contributed by atoms with Crippen molar-refractivity contribution in [3.8, 4) is 5.75 Å². The van der Waals surface area contributed by atoms with E-state index < -0.39 is 0 Å². The summed E-state index contributed by atoms with van der Waals surface area (Å²) >= 11 is 0. The molecule has 0 bridgehead atoms.